The van der Waals surface area contributed by atoms with Gasteiger partial charge in [0.15, 0.2) is 0 Å². The third-order valence-corrected chi connectivity index (χ3v) is 3.74. The molecule has 0 aromatic heterocycles. The number of rotatable bonds is 4. The quantitative estimate of drug-likeness (QED) is 0.825. The van der Waals surface area contributed by atoms with Crippen molar-refractivity contribution in [1.29, 1.82) is 0 Å². The molecule has 0 bridgehead atoms. The highest BCUT2D eigenvalue weighted by Crippen LogP contribution is 2.43. The molecule has 1 saturated heterocycles. The Labute approximate surface area is 128 Å². The number of halogens is 6. The van der Waals surface area contributed by atoms with Crippen molar-refractivity contribution < 1.29 is 31.4 Å². The van der Waals surface area contributed by atoms with E-state index in [-0.39, 0.29) is 13.1 Å². The number of nitrogens with one attached hydrogen (secondary N) is 1. The summed E-state index contributed by atoms with van der Waals surface area (Å²) in [5.74, 6) is -4.88. The number of aliphatic hydroxyl groups is 1. The summed E-state index contributed by atoms with van der Waals surface area (Å²) in [5, 5.41) is 11.9. The van der Waals surface area contributed by atoms with Gasteiger partial charge in [0.1, 0.15) is 18.5 Å². The molecule has 0 aliphatic carbocycles. The molecule has 1 fully saturated rings. The number of aliphatic hydroxyl groups excluding tert-OH is 1. The van der Waals surface area contributed by atoms with Gasteiger partial charge >= 0.3 is 6.18 Å². The molecule has 0 radical (unpaired) electrons. The highest BCUT2D eigenvalue weighted by Gasteiger charge is 2.48. The Morgan fingerprint density at radius 2 is 1.74 bits per heavy atom. The summed E-state index contributed by atoms with van der Waals surface area (Å²) in [6, 6.07) is -0.549. The molecule has 0 amide bonds. The van der Waals surface area contributed by atoms with Gasteiger partial charge in [0.2, 0.25) is 0 Å². The molecule has 1 aliphatic heterocycles. The highest BCUT2D eigenvalue weighted by molar-refractivity contribution is 5.34. The van der Waals surface area contributed by atoms with Crippen molar-refractivity contribution in [2.75, 3.05) is 32.8 Å². The SMILES string of the molecule is OCC(F)(F)[C@@H](c1cc(F)ccc1C(F)(F)F)N1CCNCC1. The van der Waals surface area contributed by atoms with Crippen LogP contribution in [-0.2, 0) is 6.18 Å². The molecule has 2 rings (SSSR count). The van der Waals surface area contributed by atoms with Crippen molar-refractivity contribution in [3.8, 4) is 0 Å². The molecule has 1 aliphatic rings. The van der Waals surface area contributed by atoms with Crippen LogP contribution >= 0.6 is 0 Å². The van der Waals surface area contributed by atoms with E-state index >= 15 is 0 Å². The molecule has 0 unspecified atom stereocenters. The summed E-state index contributed by atoms with van der Waals surface area (Å²) in [4.78, 5) is 1.14. The summed E-state index contributed by atoms with van der Waals surface area (Å²) in [7, 11) is 0. The van der Waals surface area contributed by atoms with E-state index in [2.05, 4.69) is 5.32 Å². The van der Waals surface area contributed by atoms with Crippen LogP contribution in [-0.4, -0.2) is 48.7 Å². The summed E-state index contributed by atoms with van der Waals surface area (Å²) in [6.45, 7) is -0.874. The molecule has 1 heterocycles. The van der Waals surface area contributed by atoms with E-state index in [4.69, 9.17) is 5.11 Å². The Kier molecular flexibility index (Phi) is 5.22. The van der Waals surface area contributed by atoms with Crippen LogP contribution in [0.15, 0.2) is 18.2 Å². The second kappa shape index (κ2) is 6.66. The van der Waals surface area contributed by atoms with E-state index in [1.54, 1.807) is 0 Å². The van der Waals surface area contributed by atoms with Crippen LogP contribution in [0.2, 0.25) is 0 Å². The number of benzene rings is 1. The largest absolute Gasteiger partial charge is 0.416 e. The van der Waals surface area contributed by atoms with Crippen LogP contribution in [0.3, 0.4) is 0 Å². The second-order valence-electron chi connectivity index (χ2n) is 5.34. The normalized spacial score (nSPS) is 18.9. The van der Waals surface area contributed by atoms with Crippen LogP contribution < -0.4 is 5.32 Å². The lowest BCUT2D eigenvalue weighted by molar-refractivity contribution is -0.145. The molecule has 0 spiro atoms. The van der Waals surface area contributed by atoms with Gasteiger partial charge in [0.25, 0.3) is 5.92 Å². The molecule has 1 aromatic rings. The van der Waals surface area contributed by atoms with E-state index < -0.39 is 41.7 Å². The van der Waals surface area contributed by atoms with Crippen molar-refractivity contribution in [2.45, 2.75) is 18.1 Å². The Morgan fingerprint density at radius 3 is 2.26 bits per heavy atom. The number of hydrogen-bond acceptors (Lipinski definition) is 3. The Balaban J connectivity index is 2.57. The van der Waals surface area contributed by atoms with Gasteiger partial charge in [-0.25, -0.2) is 13.2 Å². The van der Waals surface area contributed by atoms with E-state index in [9.17, 15) is 26.3 Å². The van der Waals surface area contributed by atoms with Crippen LogP contribution in [0, 0.1) is 5.82 Å². The zero-order valence-corrected chi connectivity index (χ0v) is 12.0. The van der Waals surface area contributed by atoms with Gasteiger partial charge < -0.3 is 10.4 Å². The lowest BCUT2D eigenvalue weighted by Gasteiger charge is -2.39. The number of alkyl halides is 5. The fraction of sp³-hybridized carbons (Fsp3) is 0.571. The molecule has 0 saturated carbocycles. The van der Waals surface area contributed by atoms with Gasteiger partial charge in [-0.15, -0.1) is 0 Å². The Bertz CT molecular complexity index is 543. The van der Waals surface area contributed by atoms with Crippen LogP contribution in [0.25, 0.3) is 0 Å². The first-order valence-corrected chi connectivity index (χ1v) is 6.97. The number of nitrogens with zero attached hydrogens (tertiary/aromatic N) is 1. The maximum atomic E-state index is 14.2. The molecule has 1 atom stereocenters. The van der Waals surface area contributed by atoms with E-state index in [1.807, 2.05) is 0 Å². The standard InChI is InChI=1S/C14H16F6N2O/c15-9-1-2-11(14(18,19)20)10(7-9)12(13(16,17)8-23)22-5-3-21-4-6-22/h1-2,7,12,21,23H,3-6,8H2/t12-/m1/s1. The zero-order valence-electron chi connectivity index (χ0n) is 12.0. The first-order chi connectivity index (χ1) is 10.7. The highest BCUT2D eigenvalue weighted by atomic mass is 19.4. The van der Waals surface area contributed by atoms with Gasteiger partial charge in [-0.05, 0) is 23.8 Å². The molecule has 3 nitrogen and oxygen atoms in total. The van der Waals surface area contributed by atoms with Crippen molar-refractivity contribution in [3.63, 3.8) is 0 Å². The monoisotopic (exact) mass is 342 g/mol. The zero-order chi connectivity index (χ0) is 17.3. The second-order valence-corrected chi connectivity index (χ2v) is 5.34. The average Bonchev–Trinajstić information content (AvgIpc) is 2.47. The van der Waals surface area contributed by atoms with Crippen molar-refractivity contribution in [2.24, 2.45) is 0 Å². The van der Waals surface area contributed by atoms with Crippen LogP contribution in [0.1, 0.15) is 17.2 Å². The number of piperazine rings is 1. The Hall–Kier alpha value is -1.32. The molecular weight excluding hydrogens is 326 g/mol. The summed E-state index contributed by atoms with van der Waals surface area (Å²) >= 11 is 0. The van der Waals surface area contributed by atoms with Gasteiger partial charge in [-0.1, -0.05) is 0 Å². The molecule has 2 N–H and O–H groups in total. The van der Waals surface area contributed by atoms with Crippen molar-refractivity contribution in [1.82, 2.24) is 10.2 Å². The summed E-state index contributed by atoms with van der Waals surface area (Å²) < 4.78 is 81.2. The van der Waals surface area contributed by atoms with E-state index in [0.717, 1.165) is 4.90 Å². The summed E-state index contributed by atoms with van der Waals surface area (Å²) in [5.41, 5.74) is -2.19. The fourth-order valence-electron chi connectivity index (χ4n) is 2.74. The fourth-order valence-corrected chi connectivity index (χ4v) is 2.74. The van der Waals surface area contributed by atoms with Crippen molar-refractivity contribution >= 4 is 0 Å². The van der Waals surface area contributed by atoms with Gasteiger partial charge in [-0.3, -0.25) is 4.90 Å². The van der Waals surface area contributed by atoms with Crippen molar-refractivity contribution in [3.05, 3.63) is 35.1 Å². The molecule has 9 heteroatoms. The minimum absolute atomic E-state index is 0.0636. The topological polar surface area (TPSA) is 35.5 Å². The lowest BCUT2D eigenvalue weighted by Crippen LogP contribution is -2.51. The van der Waals surface area contributed by atoms with E-state index in [1.165, 1.54) is 0 Å². The molecule has 23 heavy (non-hydrogen) atoms. The predicted octanol–water partition coefficient (Wildman–Crippen LogP) is 2.42. The molecule has 130 valence electrons. The first kappa shape index (κ1) is 18.0. The minimum atomic E-state index is -4.90. The summed E-state index contributed by atoms with van der Waals surface area (Å²) in [6.07, 6.45) is -4.90. The number of hydrogen-bond donors (Lipinski definition) is 2. The van der Waals surface area contributed by atoms with Crippen LogP contribution in [0.4, 0.5) is 26.3 Å². The first-order valence-electron chi connectivity index (χ1n) is 6.97. The van der Waals surface area contributed by atoms with Crippen LogP contribution in [0.5, 0.6) is 0 Å². The van der Waals surface area contributed by atoms with Gasteiger partial charge in [0, 0.05) is 26.2 Å². The smallest absolute Gasteiger partial charge is 0.390 e. The maximum Gasteiger partial charge on any atom is 0.416 e. The predicted molar refractivity (Wildman–Crippen MR) is 70.6 cm³/mol. The molecular formula is C14H16F6N2O. The Morgan fingerprint density at radius 1 is 1.13 bits per heavy atom. The van der Waals surface area contributed by atoms with Gasteiger partial charge in [0.05, 0.1) is 5.56 Å². The van der Waals surface area contributed by atoms with E-state index in [0.29, 0.717) is 31.3 Å². The van der Waals surface area contributed by atoms with Gasteiger partial charge in [-0.2, -0.15) is 13.2 Å². The average molecular weight is 342 g/mol. The third kappa shape index (κ3) is 3.96. The minimum Gasteiger partial charge on any atom is -0.390 e. The maximum absolute atomic E-state index is 14.2. The third-order valence-electron chi connectivity index (χ3n) is 3.74. The molecule has 1 aromatic carbocycles. The lowest BCUT2D eigenvalue weighted by atomic mass is 9.93.